The fourth-order valence-electron chi connectivity index (χ4n) is 4.47. The Morgan fingerprint density at radius 1 is 1.11 bits per heavy atom. The maximum absolute atomic E-state index is 12.4. The summed E-state index contributed by atoms with van der Waals surface area (Å²) < 4.78 is 10.9. The topological polar surface area (TPSA) is 50.8 Å². The summed E-state index contributed by atoms with van der Waals surface area (Å²) in [7, 11) is 3.30. The molecule has 0 radical (unpaired) electrons. The standard InChI is InChI=1S/C23H26N2O3/c1-15-6-8-19-18(12-15)22(2,3)23(24-21(26)14-25(19)23)11-10-16-13-17(27-4)7-9-20(16)28-5/h6-13H,14H2,1-5H3,(H,24,26). The van der Waals surface area contributed by atoms with Crippen molar-refractivity contribution < 1.29 is 14.3 Å². The van der Waals surface area contributed by atoms with Crippen LogP contribution in [0.1, 0.15) is 30.5 Å². The van der Waals surface area contributed by atoms with Crippen LogP contribution in [-0.2, 0) is 10.2 Å². The highest BCUT2D eigenvalue weighted by atomic mass is 16.5. The molecule has 2 aliphatic rings. The molecule has 1 atom stereocenters. The molecule has 5 nitrogen and oxygen atoms in total. The van der Waals surface area contributed by atoms with E-state index >= 15 is 0 Å². The summed E-state index contributed by atoms with van der Waals surface area (Å²) in [5.41, 5.74) is 3.54. The van der Waals surface area contributed by atoms with Gasteiger partial charge in [-0.05, 0) is 42.8 Å². The van der Waals surface area contributed by atoms with Gasteiger partial charge in [0, 0.05) is 16.7 Å². The normalized spacial score (nSPS) is 22.2. The molecule has 0 aliphatic carbocycles. The summed E-state index contributed by atoms with van der Waals surface area (Å²) in [5.74, 6) is 1.55. The third kappa shape index (κ3) is 2.49. The lowest BCUT2D eigenvalue weighted by Gasteiger charge is -2.40. The minimum absolute atomic E-state index is 0.0292. The first-order valence-corrected chi connectivity index (χ1v) is 9.43. The van der Waals surface area contributed by atoms with E-state index in [1.165, 1.54) is 11.1 Å². The van der Waals surface area contributed by atoms with E-state index in [-0.39, 0.29) is 11.3 Å². The summed E-state index contributed by atoms with van der Waals surface area (Å²) >= 11 is 0. The van der Waals surface area contributed by atoms with Gasteiger partial charge in [0.1, 0.15) is 17.2 Å². The zero-order valence-corrected chi connectivity index (χ0v) is 17.0. The van der Waals surface area contributed by atoms with Crippen molar-refractivity contribution in [3.63, 3.8) is 0 Å². The zero-order chi connectivity index (χ0) is 20.1. The fraction of sp³-hybridized carbons (Fsp3) is 0.348. The molecule has 4 rings (SSSR count). The number of aryl methyl sites for hydroxylation is 1. The van der Waals surface area contributed by atoms with Gasteiger partial charge in [-0.25, -0.2) is 0 Å². The highest BCUT2D eigenvalue weighted by molar-refractivity contribution is 5.91. The summed E-state index contributed by atoms with van der Waals surface area (Å²) in [6.07, 6.45) is 4.10. The van der Waals surface area contributed by atoms with E-state index in [9.17, 15) is 4.79 Å². The molecule has 0 saturated carbocycles. The zero-order valence-electron chi connectivity index (χ0n) is 17.0. The van der Waals surface area contributed by atoms with Crippen molar-refractivity contribution >= 4 is 17.7 Å². The summed E-state index contributed by atoms with van der Waals surface area (Å²) in [5, 5.41) is 3.25. The van der Waals surface area contributed by atoms with Crippen molar-refractivity contribution in [3.8, 4) is 11.5 Å². The first-order valence-electron chi connectivity index (χ1n) is 9.43. The van der Waals surface area contributed by atoms with Gasteiger partial charge in [-0.1, -0.05) is 37.6 Å². The molecule has 1 fully saturated rings. The van der Waals surface area contributed by atoms with E-state index in [0.717, 1.165) is 22.7 Å². The van der Waals surface area contributed by atoms with Crippen LogP contribution in [0.3, 0.4) is 0 Å². The molecule has 1 N–H and O–H groups in total. The number of nitrogens with one attached hydrogen (secondary N) is 1. The number of fused-ring (bicyclic) bond motifs is 3. The number of rotatable bonds is 4. The molecule has 2 aliphatic heterocycles. The van der Waals surface area contributed by atoms with Crippen LogP contribution >= 0.6 is 0 Å². The number of anilines is 1. The molecular weight excluding hydrogens is 352 g/mol. The van der Waals surface area contributed by atoms with Crippen molar-refractivity contribution in [1.29, 1.82) is 0 Å². The van der Waals surface area contributed by atoms with E-state index in [1.54, 1.807) is 14.2 Å². The molecule has 146 valence electrons. The van der Waals surface area contributed by atoms with Crippen LogP contribution in [0.2, 0.25) is 0 Å². The monoisotopic (exact) mass is 378 g/mol. The van der Waals surface area contributed by atoms with Crippen LogP contribution in [0.4, 0.5) is 5.69 Å². The largest absolute Gasteiger partial charge is 0.497 e. The molecule has 2 aromatic carbocycles. The predicted octanol–water partition coefficient (Wildman–Crippen LogP) is 3.65. The smallest absolute Gasteiger partial charge is 0.241 e. The number of ether oxygens (including phenoxy) is 2. The fourth-order valence-corrected chi connectivity index (χ4v) is 4.47. The molecule has 2 aromatic rings. The highest BCUT2D eigenvalue weighted by Gasteiger charge is 2.59. The van der Waals surface area contributed by atoms with E-state index in [1.807, 2.05) is 24.3 Å². The van der Waals surface area contributed by atoms with Crippen LogP contribution in [0.15, 0.2) is 42.5 Å². The third-order valence-corrected chi connectivity index (χ3v) is 6.07. The number of carbonyl (C=O) groups is 1. The van der Waals surface area contributed by atoms with Gasteiger partial charge in [-0.3, -0.25) is 4.79 Å². The number of nitrogens with zero attached hydrogens (tertiary/aromatic N) is 1. The third-order valence-electron chi connectivity index (χ3n) is 6.07. The van der Waals surface area contributed by atoms with Crippen molar-refractivity contribution in [1.82, 2.24) is 5.32 Å². The second kappa shape index (κ2) is 6.30. The first-order chi connectivity index (χ1) is 13.3. The second-order valence-corrected chi connectivity index (χ2v) is 7.99. The van der Waals surface area contributed by atoms with E-state index in [4.69, 9.17) is 9.47 Å². The Hall–Kier alpha value is -2.95. The Morgan fingerprint density at radius 2 is 1.89 bits per heavy atom. The van der Waals surface area contributed by atoms with Gasteiger partial charge in [0.25, 0.3) is 0 Å². The molecule has 0 aromatic heterocycles. The molecule has 0 spiro atoms. The number of benzene rings is 2. The first kappa shape index (κ1) is 18.4. The molecule has 0 bridgehead atoms. The van der Waals surface area contributed by atoms with Crippen LogP contribution in [0, 0.1) is 6.92 Å². The van der Waals surface area contributed by atoms with Gasteiger partial charge < -0.3 is 19.7 Å². The second-order valence-electron chi connectivity index (χ2n) is 7.99. The van der Waals surface area contributed by atoms with Crippen LogP contribution in [-0.4, -0.2) is 32.3 Å². The van der Waals surface area contributed by atoms with Gasteiger partial charge in [0.15, 0.2) is 0 Å². The Morgan fingerprint density at radius 3 is 2.61 bits per heavy atom. The van der Waals surface area contributed by atoms with Crippen LogP contribution < -0.4 is 19.7 Å². The Balaban J connectivity index is 1.84. The quantitative estimate of drug-likeness (QED) is 0.882. The molecule has 2 heterocycles. The maximum atomic E-state index is 12.4. The van der Waals surface area contributed by atoms with Crippen LogP contribution in [0.25, 0.3) is 6.08 Å². The summed E-state index contributed by atoms with van der Waals surface area (Å²) in [6.45, 7) is 6.81. The lowest BCUT2D eigenvalue weighted by atomic mass is 9.75. The minimum atomic E-state index is -0.631. The maximum Gasteiger partial charge on any atom is 0.241 e. The molecule has 1 unspecified atom stereocenters. The van der Waals surface area contributed by atoms with Gasteiger partial charge in [0.2, 0.25) is 5.91 Å². The number of hydrogen-bond donors (Lipinski definition) is 1. The van der Waals surface area contributed by atoms with E-state index in [2.05, 4.69) is 55.3 Å². The highest BCUT2D eigenvalue weighted by Crippen LogP contribution is 2.53. The predicted molar refractivity (Wildman–Crippen MR) is 111 cm³/mol. The summed E-state index contributed by atoms with van der Waals surface area (Å²) in [6, 6.07) is 12.1. The summed E-state index contributed by atoms with van der Waals surface area (Å²) in [4.78, 5) is 14.6. The van der Waals surface area contributed by atoms with Crippen molar-refractivity contribution in [2.45, 2.75) is 31.8 Å². The lowest BCUT2D eigenvalue weighted by molar-refractivity contribution is -0.118. The SMILES string of the molecule is COc1ccc(OC)c(C=CC23NC(=O)CN2c2ccc(C)cc2C3(C)C)c1. The average molecular weight is 378 g/mol. The van der Waals surface area contributed by atoms with Gasteiger partial charge in [-0.15, -0.1) is 0 Å². The van der Waals surface area contributed by atoms with Crippen molar-refractivity contribution in [3.05, 3.63) is 59.2 Å². The van der Waals surface area contributed by atoms with Gasteiger partial charge >= 0.3 is 0 Å². The van der Waals surface area contributed by atoms with Gasteiger partial charge in [0.05, 0.1) is 20.8 Å². The number of amides is 1. The van der Waals surface area contributed by atoms with E-state index < -0.39 is 5.66 Å². The number of carbonyl (C=O) groups excluding carboxylic acids is 1. The van der Waals surface area contributed by atoms with Gasteiger partial charge in [-0.2, -0.15) is 0 Å². The molecule has 1 amide bonds. The Labute approximate surface area is 165 Å². The molecule has 28 heavy (non-hydrogen) atoms. The number of hydrogen-bond acceptors (Lipinski definition) is 4. The van der Waals surface area contributed by atoms with Crippen molar-refractivity contribution in [2.24, 2.45) is 0 Å². The molecule has 5 heteroatoms. The molecule has 1 saturated heterocycles. The average Bonchev–Trinajstić information content (AvgIpc) is 3.10. The Bertz CT molecular complexity index is 980. The number of methoxy groups -OCH3 is 2. The molecular formula is C23H26N2O3. The van der Waals surface area contributed by atoms with Crippen LogP contribution in [0.5, 0.6) is 11.5 Å². The van der Waals surface area contributed by atoms with E-state index in [0.29, 0.717) is 6.54 Å². The minimum Gasteiger partial charge on any atom is -0.497 e. The lowest BCUT2D eigenvalue weighted by Crippen LogP contribution is -2.58. The van der Waals surface area contributed by atoms with Crippen molar-refractivity contribution in [2.75, 3.05) is 25.7 Å². The Kier molecular flexibility index (Phi) is 4.14.